The summed E-state index contributed by atoms with van der Waals surface area (Å²) in [5, 5.41) is 0. The molecular weight excluding hydrogens is 182 g/mol. The van der Waals surface area contributed by atoms with Crippen LogP contribution < -0.4 is 0 Å². The van der Waals surface area contributed by atoms with Crippen LogP contribution in [0.25, 0.3) is 0 Å². The summed E-state index contributed by atoms with van der Waals surface area (Å²) in [6.07, 6.45) is 9.81. The summed E-state index contributed by atoms with van der Waals surface area (Å²) in [5.41, 5.74) is 1.24. The Morgan fingerprint density at radius 1 is 1.07 bits per heavy atom. The summed E-state index contributed by atoms with van der Waals surface area (Å²) in [6, 6.07) is 6.17. The maximum Gasteiger partial charge on any atom is 0.0403 e. The van der Waals surface area contributed by atoms with E-state index in [9.17, 15) is 0 Å². The molecule has 0 fully saturated rings. The predicted molar refractivity (Wildman–Crippen MR) is 65.9 cm³/mol. The van der Waals surface area contributed by atoms with Crippen LogP contribution in [0.3, 0.4) is 0 Å². The molecule has 1 heterocycles. The van der Waals surface area contributed by atoms with E-state index in [2.05, 4.69) is 31.0 Å². The van der Waals surface area contributed by atoms with Gasteiger partial charge in [0.2, 0.25) is 0 Å². The van der Waals surface area contributed by atoms with Gasteiger partial charge in [-0.05, 0) is 30.9 Å². The van der Waals surface area contributed by atoms with Crippen molar-refractivity contribution in [3.63, 3.8) is 0 Å². The van der Waals surface area contributed by atoms with Crippen molar-refractivity contribution in [2.24, 2.45) is 5.92 Å². The van der Waals surface area contributed by atoms with Crippen LogP contribution in [0.2, 0.25) is 0 Å². The van der Waals surface area contributed by atoms with Gasteiger partial charge in [-0.3, -0.25) is 4.98 Å². The molecule has 1 aromatic rings. The highest BCUT2D eigenvalue weighted by atomic mass is 14.7. The summed E-state index contributed by atoms with van der Waals surface area (Å²) < 4.78 is 0. The zero-order chi connectivity index (χ0) is 10.9. The van der Waals surface area contributed by atoms with Gasteiger partial charge in [-0.15, -0.1) is 0 Å². The van der Waals surface area contributed by atoms with Crippen LogP contribution in [-0.2, 0) is 6.42 Å². The van der Waals surface area contributed by atoms with Crippen LogP contribution in [0, 0.1) is 5.92 Å². The van der Waals surface area contributed by atoms with Crippen molar-refractivity contribution in [2.75, 3.05) is 0 Å². The van der Waals surface area contributed by atoms with Crippen molar-refractivity contribution < 1.29 is 0 Å². The molecule has 0 spiro atoms. The fourth-order valence-corrected chi connectivity index (χ4v) is 1.76. The fraction of sp³-hybridized carbons (Fsp3) is 0.643. The molecule has 0 saturated carbocycles. The topological polar surface area (TPSA) is 12.9 Å². The fourth-order valence-electron chi connectivity index (χ4n) is 1.76. The van der Waals surface area contributed by atoms with Gasteiger partial charge < -0.3 is 0 Å². The Labute approximate surface area is 93.9 Å². The third-order valence-corrected chi connectivity index (χ3v) is 2.69. The lowest BCUT2D eigenvalue weighted by atomic mass is 10.0. The largest absolute Gasteiger partial charge is 0.261 e. The standard InChI is InChI=1S/C14H23N/c1-13(2)9-5-3-4-6-10-14-11-7-8-12-15-14/h7-8,11-13H,3-6,9-10H2,1-2H3. The first-order valence-corrected chi connectivity index (χ1v) is 6.19. The number of rotatable bonds is 7. The maximum atomic E-state index is 4.32. The van der Waals surface area contributed by atoms with Gasteiger partial charge >= 0.3 is 0 Å². The van der Waals surface area contributed by atoms with Crippen molar-refractivity contribution in [1.82, 2.24) is 4.98 Å². The van der Waals surface area contributed by atoms with Crippen LogP contribution in [0.15, 0.2) is 24.4 Å². The molecule has 84 valence electrons. The Kier molecular flexibility index (Phi) is 6.06. The summed E-state index contributed by atoms with van der Waals surface area (Å²) in [7, 11) is 0. The van der Waals surface area contributed by atoms with Gasteiger partial charge in [-0.2, -0.15) is 0 Å². The molecule has 1 heteroatoms. The van der Waals surface area contributed by atoms with E-state index in [0.29, 0.717) is 0 Å². The minimum Gasteiger partial charge on any atom is -0.261 e. The number of hydrogen-bond acceptors (Lipinski definition) is 1. The maximum absolute atomic E-state index is 4.32. The van der Waals surface area contributed by atoms with Crippen molar-refractivity contribution in [1.29, 1.82) is 0 Å². The molecule has 0 aliphatic carbocycles. The first kappa shape index (κ1) is 12.2. The molecule has 0 unspecified atom stereocenters. The van der Waals surface area contributed by atoms with Gasteiger partial charge in [0.25, 0.3) is 0 Å². The Bertz CT molecular complexity index is 241. The Hall–Kier alpha value is -0.850. The zero-order valence-electron chi connectivity index (χ0n) is 10.1. The summed E-state index contributed by atoms with van der Waals surface area (Å²) in [4.78, 5) is 4.32. The number of aryl methyl sites for hydroxylation is 1. The average molecular weight is 205 g/mol. The molecule has 15 heavy (non-hydrogen) atoms. The van der Waals surface area contributed by atoms with Crippen molar-refractivity contribution in [3.05, 3.63) is 30.1 Å². The van der Waals surface area contributed by atoms with E-state index in [1.54, 1.807) is 0 Å². The number of hydrogen-bond donors (Lipinski definition) is 0. The minimum absolute atomic E-state index is 0.862. The average Bonchev–Trinajstić information content (AvgIpc) is 2.24. The molecule has 0 aliphatic heterocycles. The smallest absolute Gasteiger partial charge is 0.0403 e. The summed E-state index contributed by atoms with van der Waals surface area (Å²) in [6.45, 7) is 4.60. The van der Waals surface area contributed by atoms with E-state index in [1.807, 2.05) is 12.3 Å². The SMILES string of the molecule is CC(C)CCCCCCc1ccccn1. The quantitative estimate of drug-likeness (QED) is 0.607. The Balaban J connectivity index is 1.98. The molecule has 1 rings (SSSR count). The molecule has 0 N–H and O–H groups in total. The predicted octanol–water partition coefficient (Wildman–Crippen LogP) is 4.23. The monoisotopic (exact) mass is 205 g/mol. The zero-order valence-corrected chi connectivity index (χ0v) is 10.1. The number of unbranched alkanes of at least 4 members (excludes halogenated alkanes) is 3. The molecule has 1 aromatic heterocycles. The van der Waals surface area contributed by atoms with Crippen LogP contribution in [-0.4, -0.2) is 4.98 Å². The summed E-state index contributed by atoms with van der Waals surface area (Å²) in [5.74, 6) is 0.862. The molecular formula is C14H23N. The highest BCUT2D eigenvalue weighted by Gasteiger charge is 1.96. The number of aromatic nitrogens is 1. The van der Waals surface area contributed by atoms with Gasteiger partial charge in [0.1, 0.15) is 0 Å². The van der Waals surface area contributed by atoms with Gasteiger partial charge in [0.05, 0.1) is 0 Å². The first-order valence-electron chi connectivity index (χ1n) is 6.19. The minimum atomic E-state index is 0.862. The number of pyridine rings is 1. The third kappa shape index (κ3) is 6.27. The van der Waals surface area contributed by atoms with Gasteiger partial charge in [0, 0.05) is 11.9 Å². The molecule has 0 atom stereocenters. The second kappa shape index (κ2) is 7.44. The Morgan fingerprint density at radius 2 is 1.87 bits per heavy atom. The van der Waals surface area contributed by atoms with E-state index in [-0.39, 0.29) is 0 Å². The summed E-state index contributed by atoms with van der Waals surface area (Å²) >= 11 is 0. The van der Waals surface area contributed by atoms with Crippen molar-refractivity contribution >= 4 is 0 Å². The molecule has 0 bridgehead atoms. The van der Waals surface area contributed by atoms with Crippen LogP contribution in [0.5, 0.6) is 0 Å². The third-order valence-electron chi connectivity index (χ3n) is 2.69. The number of nitrogens with zero attached hydrogens (tertiary/aromatic N) is 1. The van der Waals surface area contributed by atoms with Gasteiger partial charge in [-0.1, -0.05) is 45.6 Å². The van der Waals surface area contributed by atoms with Gasteiger partial charge in [-0.25, -0.2) is 0 Å². The highest BCUT2D eigenvalue weighted by molar-refractivity contribution is 5.03. The van der Waals surface area contributed by atoms with Crippen molar-refractivity contribution in [2.45, 2.75) is 52.4 Å². The van der Waals surface area contributed by atoms with Crippen molar-refractivity contribution in [3.8, 4) is 0 Å². The van der Waals surface area contributed by atoms with Crippen LogP contribution in [0.4, 0.5) is 0 Å². The van der Waals surface area contributed by atoms with Gasteiger partial charge in [0.15, 0.2) is 0 Å². The lowest BCUT2D eigenvalue weighted by Crippen LogP contribution is -1.90. The highest BCUT2D eigenvalue weighted by Crippen LogP contribution is 2.10. The first-order chi connectivity index (χ1) is 7.29. The lowest BCUT2D eigenvalue weighted by molar-refractivity contribution is 0.519. The molecule has 0 saturated heterocycles. The second-order valence-corrected chi connectivity index (χ2v) is 4.67. The van der Waals surface area contributed by atoms with E-state index >= 15 is 0 Å². The second-order valence-electron chi connectivity index (χ2n) is 4.67. The van der Waals surface area contributed by atoms with E-state index < -0.39 is 0 Å². The molecule has 0 aliphatic rings. The van der Waals surface area contributed by atoms with Crippen LogP contribution >= 0.6 is 0 Å². The molecule has 0 aromatic carbocycles. The lowest BCUT2D eigenvalue weighted by Gasteiger charge is -2.04. The Morgan fingerprint density at radius 3 is 2.53 bits per heavy atom. The normalized spacial score (nSPS) is 10.9. The van der Waals surface area contributed by atoms with E-state index in [1.165, 1.54) is 37.8 Å². The molecule has 0 amide bonds. The van der Waals surface area contributed by atoms with E-state index in [0.717, 1.165) is 12.3 Å². The van der Waals surface area contributed by atoms with Crippen LogP contribution in [0.1, 0.15) is 51.6 Å². The van der Waals surface area contributed by atoms with E-state index in [4.69, 9.17) is 0 Å². The molecule has 1 nitrogen and oxygen atoms in total. The molecule has 0 radical (unpaired) electrons.